The first-order valence-electron chi connectivity index (χ1n) is 4.98. The molecule has 0 saturated carbocycles. The summed E-state index contributed by atoms with van der Waals surface area (Å²) in [6.07, 6.45) is 8.34. The highest BCUT2D eigenvalue weighted by Gasteiger charge is 2.20. The minimum atomic E-state index is 0.0234. The maximum atomic E-state index is 10.6. The molecule has 0 N–H and O–H groups in total. The van der Waals surface area contributed by atoms with Gasteiger partial charge in [-0.1, -0.05) is 0 Å². The zero-order valence-electron chi connectivity index (χ0n) is 8.06. The van der Waals surface area contributed by atoms with Crippen molar-refractivity contribution >= 4 is 12.5 Å². The van der Waals surface area contributed by atoms with Gasteiger partial charge in [0.2, 0.25) is 0 Å². The smallest absolute Gasteiger partial charge is 0.150 e. The van der Waals surface area contributed by atoms with Crippen LogP contribution < -0.4 is 0 Å². The van der Waals surface area contributed by atoms with Crippen LogP contribution in [0.1, 0.15) is 25.7 Å². The number of aldehydes is 1. The van der Waals surface area contributed by atoms with Gasteiger partial charge in [0, 0.05) is 31.0 Å². The first-order valence-corrected chi connectivity index (χ1v) is 4.98. The van der Waals surface area contributed by atoms with E-state index in [1.165, 1.54) is 6.42 Å². The van der Waals surface area contributed by atoms with Gasteiger partial charge in [0.05, 0.1) is 0 Å². The van der Waals surface area contributed by atoms with Crippen molar-refractivity contribution in [2.24, 2.45) is 5.10 Å². The summed E-state index contributed by atoms with van der Waals surface area (Å²) in [7, 11) is 0. The topological polar surface area (TPSA) is 41.9 Å². The Morgan fingerprint density at radius 3 is 3.21 bits per heavy atom. The Hall–Kier alpha value is -1.16. The summed E-state index contributed by atoms with van der Waals surface area (Å²) in [5.74, 6) is 0. The number of hydrazone groups is 1. The highest BCUT2D eigenvalue weighted by molar-refractivity contribution is 5.81. The van der Waals surface area contributed by atoms with E-state index >= 15 is 0 Å². The van der Waals surface area contributed by atoms with Crippen LogP contribution in [0.15, 0.2) is 16.9 Å². The molecule has 0 bridgehead atoms. The van der Waals surface area contributed by atoms with Gasteiger partial charge in [0.15, 0.2) is 0 Å². The molecule has 0 aromatic heterocycles. The maximum Gasteiger partial charge on any atom is 0.150 e. The quantitative estimate of drug-likeness (QED) is 0.622. The van der Waals surface area contributed by atoms with E-state index in [0.717, 1.165) is 31.3 Å². The molecule has 4 heteroatoms. The lowest BCUT2D eigenvalue weighted by atomic mass is 10.1. The Labute approximate surface area is 83.2 Å². The average Bonchev–Trinajstić information content (AvgIpc) is 2.30. The predicted molar refractivity (Wildman–Crippen MR) is 52.7 cm³/mol. The van der Waals surface area contributed by atoms with Crippen LogP contribution in [-0.2, 0) is 9.53 Å². The number of carbonyl (C=O) groups excluding carboxylic acids is 1. The van der Waals surface area contributed by atoms with Crippen LogP contribution in [0.3, 0.4) is 0 Å². The van der Waals surface area contributed by atoms with Crippen LogP contribution in [0.2, 0.25) is 0 Å². The number of hydrogen-bond donors (Lipinski definition) is 0. The first-order chi connectivity index (χ1) is 6.90. The molecule has 4 nitrogen and oxygen atoms in total. The lowest BCUT2D eigenvalue weighted by Crippen LogP contribution is -2.33. The minimum absolute atomic E-state index is 0.0234. The highest BCUT2D eigenvalue weighted by Crippen LogP contribution is 2.19. The molecule has 0 aromatic rings. The molecule has 76 valence electrons. The molecule has 2 aliphatic rings. The fraction of sp³-hybridized carbons (Fsp3) is 0.600. The number of hydrogen-bond acceptors (Lipinski definition) is 4. The standard InChI is InChI=1S/C10H14N2O2/c13-8-9-4-5-11-12(7-9)10-3-1-2-6-14-10/h5,7-8,10H,1-4,6H2. The Bertz CT molecular complexity index is 267. The second-order valence-electron chi connectivity index (χ2n) is 3.53. The number of ether oxygens (including phenoxy) is 1. The molecule has 0 radical (unpaired) electrons. The zero-order valence-corrected chi connectivity index (χ0v) is 8.06. The van der Waals surface area contributed by atoms with Crippen molar-refractivity contribution in [1.82, 2.24) is 5.01 Å². The number of nitrogens with zero attached hydrogens (tertiary/aromatic N) is 2. The Balaban J connectivity index is 2.01. The van der Waals surface area contributed by atoms with E-state index in [0.29, 0.717) is 6.42 Å². The van der Waals surface area contributed by atoms with Crippen LogP contribution in [0.25, 0.3) is 0 Å². The van der Waals surface area contributed by atoms with E-state index in [9.17, 15) is 4.79 Å². The van der Waals surface area contributed by atoms with Crippen LogP contribution in [0.5, 0.6) is 0 Å². The third-order valence-corrected chi connectivity index (χ3v) is 2.44. The molecule has 0 aromatic carbocycles. The van der Waals surface area contributed by atoms with Gasteiger partial charge in [-0.05, 0) is 19.3 Å². The van der Waals surface area contributed by atoms with Crippen molar-refractivity contribution in [2.75, 3.05) is 6.61 Å². The summed E-state index contributed by atoms with van der Waals surface area (Å²) in [5.41, 5.74) is 0.758. The van der Waals surface area contributed by atoms with Crippen LogP contribution >= 0.6 is 0 Å². The Morgan fingerprint density at radius 2 is 2.50 bits per heavy atom. The van der Waals surface area contributed by atoms with Crippen molar-refractivity contribution in [2.45, 2.75) is 31.9 Å². The number of allylic oxidation sites excluding steroid dienone is 1. The molecule has 0 aliphatic carbocycles. The molecule has 1 unspecified atom stereocenters. The Morgan fingerprint density at radius 1 is 1.57 bits per heavy atom. The molecule has 1 saturated heterocycles. The van der Waals surface area contributed by atoms with E-state index in [1.807, 2.05) is 0 Å². The molecule has 2 rings (SSSR count). The Kier molecular flexibility index (Phi) is 2.93. The molecule has 2 heterocycles. The van der Waals surface area contributed by atoms with Crippen LogP contribution in [0.4, 0.5) is 0 Å². The van der Waals surface area contributed by atoms with Gasteiger partial charge < -0.3 is 4.74 Å². The van der Waals surface area contributed by atoms with Gasteiger partial charge in [-0.15, -0.1) is 0 Å². The van der Waals surface area contributed by atoms with Gasteiger partial charge in [-0.3, -0.25) is 4.79 Å². The summed E-state index contributed by atoms with van der Waals surface area (Å²) in [4.78, 5) is 10.6. The van der Waals surface area contributed by atoms with E-state index in [1.54, 1.807) is 17.4 Å². The predicted octanol–water partition coefficient (Wildman–Crippen LogP) is 1.29. The van der Waals surface area contributed by atoms with Gasteiger partial charge in [-0.2, -0.15) is 5.10 Å². The second-order valence-corrected chi connectivity index (χ2v) is 3.53. The molecular formula is C10H14N2O2. The van der Waals surface area contributed by atoms with Crippen molar-refractivity contribution in [3.05, 3.63) is 11.8 Å². The van der Waals surface area contributed by atoms with Crippen molar-refractivity contribution in [3.63, 3.8) is 0 Å². The summed E-state index contributed by atoms with van der Waals surface area (Å²) >= 11 is 0. The summed E-state index contributed by atoms with van der Waals surface area (Å²) in [5, 5.41) is 5.96. The highest BCUT2D eigenvalue weighted by atomic mass is 16.5. The van der Waals surface area contributed by atoms with Crippen molar-refractivity contribution in [3.8, 4) is 0 Å². The summed E-state index contributed by atoms with van der Waals surface area (Å²) in [6, 6.07) is 0. The normalized spacial score (nSPS) is 27.3. The minimum Gasteiger partial charge on any atom is -0.357 e. The van der Waals surface area contributed by atoms with E-state index in [-0.39, 0.29) is 6.23 Å². The van der Waals surface area contributed by atoms with Crippen molar-refractivity contribution in [1.29, 1.82) is 0 Å². The van der Waals surface area contributed by atoms with Crippen molar-refractivity contribution < 1.29 is 9.53 Å². The average molecular weight is 194 g/mol. The molecule has 0 spiro atoms. The number of carbonyl (C=O) groups is 1. The summed E-state index contributed by atoms with van der Waals surface area (Å²) in [6.45, 7) is 0.793. The fourth-order valence-corrected chi connectivity index (χ4v) is 1.66. The van der Waals surface area contributed by atoms with Gasteiger partial charge in [0.1, 0.15) is 12.5 Å². The zero-order chi connectivity index (χ0) is 9.80. The summed E-state index contributed by atoms with van der Waals surface area (Å²) < 4.78 is 5.56. The van der Waals surface area contributed by atoms with Crippen LogP contribution in [-0.4, -0.2) is 30.3 Å². The first kappa shape index (κ1) is 9.40. The maximum absolute atomic E-state index is 10.6. The van der Waals surface area contributed by atoms with Crippen LogP contribution in [0, 0.1) is 0 Å². The third kappa shape index (κ3) is 2.01. The van der Waals surface area contributed by atoms with E-state index < -0.39 is 0 Å². The fourth-order valence-electron chi connectivity index (χ4n) is 1.66. The lowest BCUT2D eigenvalue weighted by Gasteiger charge is -2.31. The monoisotopic (exact) mass is 194 g/mol. The SMILES string of the molecule is O=CC1=CN(C2CCCCO2)N=CC1. The van der Waals surface area contributed by atoms with Gasteiger partial charge in [-0.25, -0.2) is 5.01 Å². The molecule has 14 heavy (non-hydrogen) atoms. The van der Waals surface area contributed by atoms with E-state index in [2.05, 4.69) is 5.10 Å². The van der Waals surface area contributed by atoms with E-state index in [4.69, 9.17) is 4.74 Å². The molecule has 0 amide bonds. The molecular weight excluding hydrogens is 180 g/mol. The largest absolute Gasteiger partial charge is 0.357 e. The third-order valence-electron chi connectivity index (χ3n) is 2.44. The molecule has 1 fully saturated rings. The second kappa shape index (κ2) is 4.37. The lowest BCUT2D eigenvalue weighted by molar-refractivity contribution is -0.105. The molecule has 1 atom stereocenters. The van der Waals surface area contributed by atoms with Gasteiger partial charge >= 0.3 is 0 Å². The van der Waals surface area contributed by atoms with Gasteiger partial charge in [0.25, 0.3) is 0 Å². The molecule has 2 aliphatic heterocycles. The number of rotatable bonds is 2.